The van der Waals surface area contributed by atoms with Crippen LogP contribution in [0.15, 0.2) is 18.2 Å². The highest BCUT2D eigenvalue weighted by atomic mass is 16.6. The zero-order chi connectivity index (χ0) is 16.1. The van der Waals surface area contributed by atoms with Gasteiger partial charge in [-0.2, -0.15) is 0 Å². The standard InChI is InChI=1S/C15H21N3O4/c1-10-6-7-12(8-14(10)18(21)22)16-15(20)17-13-5-3-2-4-11(13)9-19/h6-8,11,13,19H,2-5,9H2,1H3,(H2,16,17,20). The Hall–Kier alpha value is -2.15. The molecule has 2 amide bonds. The third-order valence-electron chi connectivity index (χ3n) is 4.12. The van der Waals surface area contributed by atoms with Crippen molar-refractivity contribution in [1.29, 1.82) is 0 Å². The predicted molar refractivity (Wildman–Crippen MR) is 82.8 cm³/mol. The second-order valence-electron chi connectivity index (χ2n) is 5.69. The molecule has 22 heavy (non-hydrogen) atoms. The van der Waals surface area contributed by atoms with Gasteiger partial charge in [-0.05, 0) is 25.8 Å². The Bertz CT molecular complexity index is 562. The summed E-state index contributed by atoms with van der Waals surface area (Å²) in [6.07, 6.45) is 3.83. The highest BCUT2D eigenvalue weighted by Crippen LogP contribution is 2.25. The highest BCUT2D eigenvalue weighted by molar-refractivity contribution is 5.89. The molecule has 0 aromatic heterocycles. The molecule has 2 unspecified atom stereocenters. The minimum Gasteiger partial charge on any atom is -0.396 e. The molecular formula is C15H21N3O4. The van der Waals surface area contributed by atoms with Gasteiger partial charge < -0.3 is 15.7 Å². The van der Waals surface area contributed by atoms with Gasteiger partial charge in [0.15, 0.2) is 0 Å². The van der Waals surface area contributed by atoms with Crippen LogP contribution < -0.4 is 10.6 Å². The van der Waals surface area contributed by atoms with Gasteiger partial charge in [-0.15, -0.1) is 0 Å². The number of aliphatic hydroxyl groups excluding tert-OH is 1. The Kier molecular flexibility index (Phi) is 5.32. The molecule has 1 saturated carbocycles. The van der Waals surface area contributed by atoms with Gasteiger partial charge in [-0.1, -0.05) is 18.9 Å². The maximum atomic E-state index is 12.0. The van der Waals surface area contributed by atoms with Crippen molar-refractivity contribution in [3.05, 3.63) is 33.9 Å². The normalized spacial score (nSPS) is 21.2. The van der Waals surface area contributed by atoms with E-state index in [1.54, 1.807) is 19.1 Å². The number of hydrogen-bond donors (Lipinski definition) is 3. The lowest BCUT2D eigenvalue weighted by atomic mass is 9.85. The molecular weight excluding hydrogens is 286 g/mol. The molecule has 7 nitrogen and oxygen atoms in total. The van der Waals surface area contributed by atoms with Gasteiger partial charge in [0.25, 0.3) is 5.69 Å². The molecule has 3 N–H and O–H groups in total. The van der Waals surface area contributed by atoms with E-state index in [9.17, 15) is 20.0 Å². The minimum atomic E-state index is -0.471. The first-order valence-corrected chi connectivity index (χ1v) is 7.44. The van der Waals surface area contributed by atoms with Crippen LogP contribution in [0.4, 0.5) is 16.2 Å². The molecule has 7 heteroatoms. The maximum Gasteiger partial charge on any atom is 0.319 e. The number of nitrogens with zero attached hydrogens (tertiary/aromatic N) is 1. The van der Waals surface area contributed by atoms with Crippen LogP contribution in [0.2, 0.25) is 0 Å². The molecule has 1 aromatic carbocycles. The fourth-order valence-electron chi connectivity index (χ4n) is 2.84. The number of nitro benzene ring substituents is 1. The largest absolute Gasteiger partial charge is 0.396 e. The van der Waals surface area contributed by atoms with E-state index in [2.05, 4.69) is 10.6 Å². The van der Waals surface area contributed by atoms with Crippen molar-refractivity contribution < 1.29 is 14.8 Å². The molecule has 0 radical (unpaired) electrons. The second-order valence-corrected chi connectivity index (χ2v) is 5.69. The molecule has 0 bridgehead atoms. The fraction of sp³-hybridized carbons (Fsp3) is 0.533. The molecule has 0 aliphatic heterocycles. The Labute approximate surface area is 128 Å². The zero-order valence-corrected chi connectivity index (χ0v) is 12.5. The summed E-state index contributed by atoms with van der Waals surface area (Å²) in [5.41, 5.74) is 0.901. The molecule has 0 heterocycles. The number of carbonyl (C=O) groups excluding carboxylic acids is 1. The van der Waals surface area contributed by atoms with E-state index >= 15 is 0 Å². The van der Waals surface area contributed by atoms with E-state index in [0.29, 0.717) is 11.3 Å². The average molecular weight is 307 g/mol. The van der Waals surface area contributed by atoms with Gasteiger partial charge in [-0.25, -0.2) is 4.79 Å². The van der Waals surface area contributed by atoms with Gasteiger partial charge in [0.05, 0.1) is 4.92 Å². The van der Waals surface area contributed by atoms with Crippen molar-refractivity contribution in [3.63, 3.8) is 0 Å². The number of amides is 2. The number of aliphatic hydroxyl groups is 1. The summed E-state index contributed by atoms with van der Waals surface area (Å²) in [6, 6.07) is 4.12. The van der Waals surface area contributed by atoms with Crippen molar-refractivity contribution in [3.8, 4) is 0 Å². The molecule has 2 atom stereocenters. The number of hydrogen-bond acceptors (Lipinski definition) is 4. The van der Waals surface area contributed by atoms with Crippen molar-refractivity contribution in [2.75, 3.05) is 11.9 Å². The zero-order valence-electron chi connectivity index (χ0n) is 12.5. The summed E-state index contributed by atoms with van der Waals surface area (Å²) in [6.45, 7) is 1.71. The second kappa shape index (κ2) is 7.22. The van der Waals surface area contributed by atoms with Gasteiger partial charge in [-0.3, -0.25) is 10.1 Å². The summed E-state index contributed by atoms with van der Waals surface area (Å²) in [5.74, 6) is 0.0758. The first-order chi connectivity index (χ1) is 10.5. The summed E-state index contributed by atoms with van der Waals surface area (Å²) in [4.78, 5) is 22.5. The summed E-state index contributed by atoms with van der Waals surface area (Å²) in [5, 5.41) is 25.7. The average Bonchev–Trinajstić information content (AvgIpc) is 2.49. The van der Waals surface area contributed by atoms with Crippen LogP contribution in [0.1, 0.15) is 31.2 Å². The van der Waals surface area contributed by atoms with E-state index in [0.717, 1.165) is 25.7 Å². The smallest absolute Gasteiger partial charge is 0.319 e. The van der Waals surface area contributed by atoms with Crippen LogP contribution >= 0.6 is 0 Å². The van der Waals surface area contributed by atoms with E-state index in [-0.39, 0.29) is 24.3 Å². The monoisotopic (exact) mass is 307 g/mol. The van der Waals surface area contributed by atoms with Gasteiger partial charge in [0, 0.05) is 35.9 Å². The number of anilines is 1. The minimum absolute atomic E-state index is 0.0244. The summed E-state index contributed by atoms with van der Waals surface area (Å²) < 4.78 is 0. The fourth-order valence-corrected chi connectivity index (χ4v) is 2.84. The van der Waals surface area contributed by atoms with Crippen molar-refractivity contribution in [2.45, 2.75) is 38.6 Å². The van der Waals surface area contributed by atoms with E-state index in [1.165, 1.54) is 6.07 Å². The SMILES string of the molecule is Cc1ccc(NC(=O)NC2CCCCC2CO)cc1[N+](=O)[O-]. The number of nitrogens with one attached hydrogen (secondary N) is 2. The Morgan fingerprint density at radius 2 is 2.14 bits per heavy atom. The first-order valence-electron chi connectivity index (χ1n) is 7.44. The molecule has 1 fully saturated rings. The van der Waals surface area contributed by atoms with Gasteiger partial charge in [0.2, 0.25) is 0 Å². The van der Waals surface area contributed by atoms with Gasteiger partial charge in [0.1, 0.15) is 0 Å². The van der Waals surface area contributed by atoms with Crippen LogP contribution in [0.5, 0.6) is 0 Å². The molecule has 0 spiro atoms. The Morgan fingerprint density at radius 3 is 2.82 bits per heavy atom. The van der Waals surface area contributed by atoms with Crippen LogP contribution in [0.25, 0.3) is 0 Å². The van der Waals surface area contributed by atoms with Crippen LogP contribution in [-0.2, 0) is 0 Å². The molecule has 0 saturated heterocycles. The number of carbonyl (C=O) groups is 1. The van der Waals surface area contributed by atoms with Crippen LogP contribution in [0, 0.1) is 23.0 Å². The summed E-state index contributed by atoms with van der Waals surface area (Å²) in [7, 11) is 0. The number of urea groups is 1. The van der Waals surface area contributed by atoms with E-state index in [1.807, 2.05) is 0 Å². The molecule has 1 aliphatic carbocycles. The van der Waals surface area contributed by atoms with Crippen molar-refractivity contribution in [1.82, 2.24) is 5.32 Å². The Balaban J connectivity index is 1.99. The topological polar surface area (TPSA) is 104 Å². The number of rotatable bonds is 4. The van der Waals surface area contributed by atoms with E-state index < -0.39 is 11.0 Å². The lowest BCUT2D eigenvalue weighted by molar-refractivity contribution is -0.385. The number of nitro groups is 1. The highest BCUT2D eigenvalue weighted by Gasteiger charge is 2.25. The first kappa shape index (κ1) is 16.2. The maximum absolute atomic E-state index is 12.0. The van der Waals surface area contributed by atoms with Crippen LogP contribution in [0.3, 0.4) is 0 Å². The molecule has 2 rings (SSSR count). The van der Waals surface area contributed by atoms with E-state index in [4.69, 9.17) is 0 Å². The third kappa shape index (κ3) is 3.94. The quantitative estimate of drug-likeness (QED) is 0.587. The van der Waals surface area contributed by atoms with Crippen molar-refractivity contribution in [2.24, 2.45) is 5.92 Å². The predicted octanol–water partition coefficient (Wildman–Crippen LogP) is 2.58. The molecule has 120 valence electrons. The van der Waals surface area contributed by atoms with Crippen molar-refractivity contribution >= 4 is 17.4 Å². The lowest BCUT2D eigenvalue weighted by Gasteiger charge is -2.30. The number of benzene rings is 1. The lowest BCUT2D eigenvalue weighted by Crippen LogP contribution is -2.45. The molecule has 1 aromatic rings. The Morgan fingerprint density at radius 1 is 1.41 bits per heavy atom. The number of aryl methyl sites for hydroxylation is 1. The van der Waals surface area contributed by atoms with Gasteiger partial charge >= 0.3 is 6.03 Å². The third-order valence-corrected chi connectivity index (χ3v) is 4.12. The molecule has 1 aliphatic rings. The van der Waals surface area contributed by atoms with Crippen LogP contribution in [-0.4, -0.2) is 28.7 Å². The summed E-state index contributed by atoms with van der Waals surface area (Å²) >= 11 is 0.